The van der Waals surface area contributed by atoms with Crippen molar-refractivity contribution in [3.05, 3.63) is 59.4 Å². The molecular formula is C18H15ClFNO3S3. The van der Waals surface area contributed by atoms with Crippen molar-refractivity contribution in [2.75, 3.05) is 0 Å². The van der Waals surface area contributed by atoms with E-state index in [0.717, 1.165) is 11.5 Å². The lowest BCUT2D eigenvalue weighted by atomic mass is 10.1. The summed E-state index contributed by atoms with van der Waals surface area (Å²) in [6, 6.07) is 11.1. The molecule has 0 N–H and O–H groups in total. The van der Waals surface area contributed by atoms with Crippen molar-refractivity contribution in [1.82, 2.24) is 4.37 Å². The van der Waals surface area contributed by atoms with Gasteiger partial charge >= 0.3 is 0 Å². The highest BCUT2D eigenvalue weighted by Crippen LogP contribution is 2.39. The number of benzene rings is 2. The molecule has 1 heterocycles. The zero-order chi connectivity index (χ0) is 19.8. The maximum atomic E-state index is 13.3. The molecule has 2 aromatic carbocycles. The van der Waals surface area contributed by atoms with Crippen LogP contribution in [-0.2, 0) is 21.0 Å². The lowest BCUT2D eigenvalue weighted by molar-refractivity contribution is 0.580. The standard InChI is InChI=1S/C18H15ClFNO3S3/c1-11(2)26(22)18-17(27(23,24)15-9-5-13(19)6-10-15)16(21-25-18)12-3-7-14(20)8-4-12/h3-11H,1-2H3. The fourth-order valence-corrected chi connectivity index (χ4v) is 7.18. The monoisotopic (exact) mass is 443 g/mol. The minimum absolute atomic E-state index is 0.0254. The van der Waals surface area contributed by atoms with Gasteiger partial charge in [0.15, 0.2) is 4.90 Å². The Kier molecular flexibility index (Phi) is 5.93. The van der Waals surface area contributed by atoms with E-state index in [1.807, 2.05) is 0 Å². The van der Waals surface area contributed by atoms with E-state index in [0.29, 0.717) is 10.6 Å². The van der Waals surface area contributed by atoms with Crippen LogP contribution in [0.3, 0.4) is 0 Å². The van der Waals surface area contributed by atoms with Crippen molar-refractivity contribution in [1.29, 1.82) is 0 Å². The molecule has 1 atom stereocenters. The molecule has 1 aromatic heterocycles. The van der Waals surface area contributed by atoms with Crippen LogP contribution in [0.1, 0.15) is 13.8 Å². The summed E-state index contributed by atoms with van der Waals surface area (Å²) in [7, 11) is -4.01. The zero-order valence-electron chi connectivity index (χ0n) is 14.3. The summed E-state index contributed by atoms with van der Waals surface area (Å²) >= 11 is 5.20. The molecule has 0 radical (unpaired) electrons. The number of aromatic nitrogens is 1. The quantitative estimate of drug-likeness (QED) is 0.523. The summed E-state index contributed by atoms with van der Waals surface area (Å²) < 4.78 is 57.1. The highest BCUT2D eigenvalue weighted by atomic mass is 35.5. The van der Waals surface area contributed by atoms with Crippen molar-refractivity contribution < 1.29 is 17.4 Å². The van der Waals surface area contributed by atoms with Crippen molar-refractivity contribution in [2.24, 2.45) is 0 Å². The van der Waals surface area contributed by atoms with Crippen LogP contribution in [0.25, 0.3) is 11.3 Å². The smallest absolute Gasteiger partial charge is 0.245 e. The molecule has 0 saturated heterocycles. The molecule has 1 unspecified atom stereocenters. The minimum Gasteiger partial charge on any atom is -0.611 e. The van der Waals surface area contributed by atoms with Crippen molar-refractivity contribution in [2.45, 2.75) is 33.1 Å². The minimum atomic E-state index is -4.01. The van der Waals surface area contributed by atoms with Gasteiger partial charge in [-0.25, -0.2) is 12.8 Å². The fraction of sp³-hybridized carbons (Fsp3) is 0.167. The Morgan fingerprint density at radius 2 is 1.70 bits per heavy atom. The Balaban J connectivity index is 2.26. The molecule has 0 aliphatic rings. The summed E-state index contributed by atoms with van der Waals surface area (Å²) in [5.41, 5.74) is 0.603. The van der Waals surface area contributed by atoms with E-state index in [9.17, 15) is 17.4 Å². The lowest BCUT2D eigenvalue weighted by Crippen LogP contribution is -2.16. The van der Waals surface area contributed by atoms with Gasteiger partial charge in [0, 0.05) is 33.3 Å². The third kappa shape index (κ3) is 4.05. The van der Waals surface area contributed by atoms with Gasteiger partial charge in [0.1, 0.15) is 16.8 Å². The van der Waals surface area contributed by atoms with Crippen LogP contribution < -0.4 is 0 Å². The first kappa shape index (κ1) is 20.3. The zero-order valence-corrected chi connectivity index (χ0v) is 17.6. The van der Waals surface area contributed by atoms with Crippen LogP contribution in [0.2, 0.25) is 5.02 Å². The molecular weight excluding hydrogens is 429 g/mol. The topological polar surface area (TPSA) is 70.1 Å². The summed E-state index contributed by atoms with van der Waals surface area (Å²) in [4.78, 5) is -0.0778. The van der Waals surface area contributed by atoms with E-state index in [1.165, 1.54) is 48.5 Å². The van der Waals surface area contributed by atoms with E-state index in [-0.39, 0.29) is 24.9 Å². The van der Waals surface area contributed by atoms with Gasteiger partial charge < -0.3 is 4.55 Å². The molecule has 0 aliphatic carbocycles. The first-order valence-electron chi connectivity index (χ1n) is 7.88. The second-order valence-electron chi connectivity index (χ2n) is 5.96. The Morgan fingerprint density at radius 3 is 2.26 bits per heavy atom. The predicted molar refractivity (Wildman–Crippen MR) is 106 cm³/mol. The second-order valence-corrected chi connectivity index (χ2v) is 11.3. The third-order valence-electron chi connectivity index (χ3n) is 3.74. The molecule has 3 rings (SSSR count). The fourth-order valence-electron chi connectivity index (χ4n) is 2.37. The van der Waals surface area contributed by atoms with Crippen LogP contribution >= 0.6 is 23.1 Å². The predicted octanol–water partition coefficient (Wildman–Crippen LogP) is 4.95. The molecule has 0 saturated carbocycles. The van der Waals surface area contributed by atoms with Gasteiger partial charge in [-0.2, -0.15) is 4.37 Å². The van der Waals surface area contributed by atoms with Crippen molar-refractivity contribution in [3.8, 4) is 11.3 Å². The molecule has 0 aliphatic heterocycles. The van der Waals surface area contributed by atoms with Crippen LogP contribution in [0.5, 0.6) is 0 Å². The molecule has 3 aromatic rings. The van der Waals surface area contributed by atoms with E-state index in [4.69, 9.17) is 11.6 Å². The van der Waals surface area contributed by atoms with E-state index < -0.39 is 26.8 Å². The molecule has 27 heavy (non-hydrogen) atoms. The molecule has 0 amide bonds. The second kappa shape index (κ2) is 7.89. The summed E-state index contributed by atoms with van der Waals surface area (Å²) in [5.74, 6) is -0.443. The van der Waals surface area contributed by atoms with Crippen LogP contribution in [0, 0.1) is 5.82 Å². The van der Waals surface area contributed by atoms with E-state index in [1.54, 1.807) is 13.8 Å². The maximum Gasteiger partial charge on any atom is 0.245 e. The molecule has 4 nitrogen and oxygen atoms in total. The largest absolute Gasteiger partial charge is 0.611 e. The normalized spacial score (nSPS) is 13.1. The SMILES string of the molecule is CC(C)[S+]([O-])c1snc(-c2ccc(F)cc2)c1S(=O)(=O)c1ccc(Cl)cc1. The average Bonchev–Trinajstić information content (AvgIpc) is 3.07. The number of hydrogen-bond donors (Lipinski definition) is 0. The molecule has 0 spiro atoms. The Hall–Kier alpha value is -1.45. The molecule has 0 fully saturated rings. The molecule has 9 heteroatoms. The first-order chi connectivity index (χ1) is 12.7. The maximum absolute atomic E-state index is 13.3. The number of hydrogen-bond acceptors (Lipinski definition) is 5. The highest BCUT2D eigenvalue weighted by molar-refractivity contribution is 7.96. The number of halogens is 2. The Morgan fingerprint density at radius 1 is 1.11 bits per heavy atom. The van der Waals surface area contributed by atoms with Gasteiger partial charge in [-0.1, -0.05) is 11.6 Å². The van der Waals surface area contributed by atoms with Crippen molar-refractivity contribution >= 4 is 44.1 Å². The van der Waals surface area contributed by atoms with Gasteiger partial charge in [-0.3, -0.25) is 0 Å². The van der Waals surface area contributed by atoms with Gasteiger partial charge in [0.2, 0.25) is 14.0 Å². The number of sulfone groups is 1. The van der Waals surface area contributed by atoms with Crippen molar-refractivity contribution in [3.63, 3.8) is 0 Å². The first-order valence-corrected chi connectivity index (χ1v) is 11.7. The lowest BCUT2D eigenvalue weighted by Gasteiger charge is -2.14. The summed E-state index contributed by atoms with van der Waals surface area (Å²) in [5, 5.41) is 0.118. The Bertz CT molecular complexity index is 1050. The van der Waals surface area contributed by atoms with Gasteiger partial charge in [0.05, 0.1) is 4.90 Å². The average molecular weight is 444 g/mol. The van der Waals surface area contributed by atoms with Crippen LogP contribution in [-0.4, -0.2) is 22.6 Å². The van der Waals surface area contributed by atoms with E-state index in [2.05, 4.69) is 4.37 Å². The van der Waals surface area contributed by atoms with E-state index >= 15 is 0 Å². The molecule has 142 valence electrons. The third-order valence-corrected chi connectivity index (χ3v) is 8.87. The summed E-state index contributed by atoms with van der Waals surface area (Å²) in [6.07, 6.45) is 0. The van der Waals surface area contributed by atoms with Gasteiger partial charge in [-0.05, 0) is 62.4 Å². The molecule has 0 bridgehead atoms. The highest BCUT2D eigenvalue weighted by Gasteiger charge is 2.36. The number of rotatable bonds is 5. The van der Waals surface area contributed by atoms with Crippen LogP contribution in [0.15, 0.2) is 62.5 Å². The number of nitrogens with zero attached hydrogens (tertiary/aromatic N) is 1. The van der Waals surface area contributed by atoms with Gasteiger partial charge in [-0.15, -0.1) is 0 Å². The van der Waals surface area contributed by atoms with Crippen LogP contribution in [0.4, 0.5) is 4.39 Å². The summed E-state index contributed by atoms with van der Waals surface area (Å²) in [6.45, 7) is 3.48. The van der Waals surface area contributed by atoms with Gasteiger partial charge in [0.25, 0.3) is 0 Å². The Labute approximate surface area is 169 Å².